The Morgan fingerprint density at radius 2 is 1.81 bits per heavy atom. The summed E-state index contributed by atoms with van der Waals surface area (Å²) in [5.41, 5.74) is 1.35. The maximum absolute atomic E-state index is 14.4. The van der Waals surface area contributed by atoms with Crippen molar-refractivity contribution in [3.63, 3.8) is 0 Å². The highest BCUT2D eigenvalue weighted by Crippen LogP contribution is 2.29. The molecule has 1 fully saturated rings. The fourth-order valence-electron chi connectivity index (χ4n) is 6.88. The Morgan fingerprint density at radius 3 is 2.44 bits per heavy atom. The van der Waals surface area contributed by atoms with Gasteiger partial charge in [-0.05, 0) is 69.5 Å². The number of aromatic nitrogens is 1. The van der Waals surface area contributed by atoms with Crippen LogP contribution in [0.1, 0.15) is 113 Å². The number of likely N-dealkylation sites (N-methyl/N-ethyl adjacent to an activating group) is 1. The number of likely N-dealkylation sites (tertiary alicyclic amines) is 1. The second kappa shape index (κ2) is 19.8. The number of carboxylic acid groups (broad SMARTS) is 1. The Labute approximate surface area is 291 Å². The van der Waals surface area contributed by atoms with Crippen LogP contribution in [0.25, 0.3) is 0 Å². The number of hydrogen-bond donors (Lipinski definition) is 2. The van der Waals surface area contributed by atoms with Crippen molar-refractivity contribution in [2.24, 2.45) is 17.8 Å². The number of benzene rings is 1. The first-order valence-corrected chi connectivity index (χ1v) is 18.9. The summed E-state index contributed by atoms with van der Waals surface area (Å²) in [6, 6.07) is 9.27. The van der Waals surface area contributed by atoms with Crippen LogP contribution in [-0.4, -0.2) is 81.7 Å². The van der Waals surface area contributed by atoms with Gasteiger partial charge in [-0.3, -0.25) is 24.1 Å². The van der Waals surface area contributed by atoms with Crippen molar-refractivity contribution < 1.29 is 24.3 Å². The molecule has 2 N–H and O–H groups in total. The van der Waals surface area contributed by atoms with Crippen molar-refractivity contribution in [2.75, 3.05) is 20.1 Å². The number of piperidine rings is 1. The number of carbonyl (C=O) groups excluding carboxylic acids is 3. The Hall–Kier alpha value is -3.11. The minimum Gasteiger partial charge on any atom is -0.481 e. The van der Waals surface area contributed by atoms with Gasteiger partial charge in [0.2, 0.25) is 5.91 Å². The third kappa shape index (κ3) is 11.8. The second-order valence-electron chi connectivity index (χ2n) is 14.0. The maximum Gasteiger partial charge on any atom is 0.303 e. The summed E-state index contributed by atoms with van der Waals surface area (Å²) in [4.78, 5) is 61.3. The molecule has 1 aliphatic rings. The second-order valence-corrected chi connectivity index (χ2v) is 14.9. The highest BCUT2D eigenvalue weighted by molar-refractivity contribution is 7.09. The zero-order valence-corrected chi connectivity index (χ0v) is 30.8. The normalized spacial score (nSPS) is 17.8. The number of ketones is 1. The van der Waals surface area contributed by atoms with E-state index in [-0.39, 0.29) is 66.3 Å². The number of rotatable bonds is 20. The molecule has 1 saturated heterocycles. The topological polar surface area (TPSA) is 120 Å². The van der Waals surface area contributed by atoms with Crippen molar-refractivity contribution >= 4 is 34.9 Å². The number of carboxylic acids is 1. The van der Waals surface area contributed by atoms with Crippen LogP contribution in [0.5, 0.6) is 0 Å². The SMILES string of the molecule is CCCN(C(=O)C(CC(=O)[C@H]1CCCCN1C)[C@@H](C)CC)[C@H](CCc1nc(C(=O)N[C@H](CCC(=O)O)Cc2ccccc2)cs1)C(C)C. The number of carbonyl (C=O) groups is 4. The van der Waals surface area contributed by atoms with Crippen molar-refractivity contribution in [2.45, 2.75) is 123 Å². The molecule has 0 radical (unpaired) electrons. The van der Waals surface area contributed by atoms with E-state index in [0.29, 0.717) is 37.9 Å². The summed E-state index contributed by atoms with van der Waals surface area (Å²) in [6.07, 6.45) is 7.15. The van der Waals surface area contributed by atoms with Gasteiger partial charge in [-0.1, -0.05) is 77.8 Å². The van der Waals surface area contributed by atoms with E-state index in [0.717, 1.165) is 49.2 Å². The Morgan fingerprint density at radius 1 is 1.08 bits per heavy atom. The summed E-state index contributed by atoms with van der Waals surface area (Å²) in [7, 11) is 2.02. The van der Waals surface area contributed by atoms with Gasteiger partial charge >= 0.3 is 5.97 Å². The summed E-state index contributed by atoms with van der Waals surface area (Å²) in [6.45, 7) is 12.1. The Balaban J connectivity index is 1.70. The highest BCUT2D eigenvalue weighted by Gasteiger charge is 2.37. The smallest absolute Gasteiger partial charge is 0.303 e. The molecule has 5 atom stereocenters. The minimum atomic E-state index is -0.896. The molecular weight excluding hydrogens is 625 g/mol. The van der Waals surface area contributed by atoms with E-state index in [1.807, 2.05) is 42.3 Å². The molecule has 10 heteroatoms. The van der Waals surface area contributed by atoms with Gasteiger partial charge in [-0.25, -0.2) is 4.98 Å². The van der Waals surface area contributed by atoms with Gasteiger partial charge < -0.3 is 15.3 Å². The fourth-order valence-corrected chi connectivity index (χ4v) is 7.67. The van der Waals surface area contributed by atoms with Crippen molar-refractivity contribution in [3.8, 4) is 0 Å². The molecule has 48 heavy (non-hydrogen) atoms. The first-order chi connectivity index (χ1) is 22.9. The quantitative estimate of drug-likeness (QED) is 0.161. The highest BCUT2D eigenvalue weighted by atomic mass is 32.1. The van der Waals surface area contributed by atoms with Gasteiger partial charge in [-0.2, -0.15) is 0 Å². The number of aryl methyl sites for hydroxylation is 1. The largest absolute Gasteiger partial charge is 0.481 e. The predicted octanol–water partition coefficient (Wildman–Crippen LogP) is 6.65. The molecule has 0 bridgehead atoms. The summed E-state index contributed by atoms with van der Waals surface area (Å²) in [5, 5.41) is 14.8. The van der Waals surface area contributed by atoms with Gasteiger partial charge in [0.05, 0.1) is 11.0 Å². The van der Waals surface area contributed by atoms with Crippen LogP contribution in [-0.2, 0) is 27.2 Å². The first-order valence-electron chi connectivity index (χ1n) is 18.0. The van der Waals surface area contributed by atoms with Crippen LogP contribution >= 0.6 is 11.3 Å². The van der Waals surface area contributed by atoms with Crippen molar-refractivity contribution in [3.05, 3.63) is 52.0 Å². The molecule has 1 aliphatic heterocycles. The average Bonchev–Trinajstić information content (AvgIpc) is 3.54. The number of nitrogens with one attached hydrogen (secondary N) is 1. The molecule has 0 saturated carbocycles. The number of amides is 2. The first kappa shape index (κ1) is 39.3. The van der Waals surface area contributed by atoms with Crippen LogP contribution in [0.3, 0.4) is 0 Å². The summed E-state index contributed by atoms with van der Waals surface area (Å²) in [5.74, 6) is -0.967. The Bertz CT molecular complexity index is 1320. The monoisotopic (exact) mass is 682 g/mol. The molecule has 266 valence electrons. The van der Waals surface area contributed by atoms with E-state index in [2.05, 4.69) is 49.8 Å². The summed E-state index contributed by atoms with van der Waals surface area (Å²) < 4.78 is 0. The van der Waals surface area contributed by atoms with Crippen molar-refractivity contribution in [1.29, 1.82) is 0 Å². The molecule has 1 unspecified atom stereocenters. The molecule has 9 nitrogen and oxygen atoms in total. The molecule has 2 amide bonds. The van der Waals surface area contributed by atoms with Crippen LogP contribution < -0.4 is 5.32 Å². The molecule has 1 aromatic carbocycles. The average molecular weight is 683 g/mol. The number of Topliss-reactive ketones (excluding diaryl/α,β-unsaturated/α-hetero) is 1. The lowest BCUT2D eigenvalue weighted by atomic mass is 9.82. The molecule has 0 spiro atoms. The minimum absolute atomic E-state index is 0.0242. The van der Waals surface area contributed by atoms with Gasteiger partial charge in [-0.15, -0.1) is 11.3 Å². The zero-order chi connectivity index (χ0) is 35.2. The van der Waals surface area contributed by atoms with Crippen LogP contribution in [0, 0.1) is 17.8 Å². The molecule has 1 aromatic heterocycles. The number of hydrogen-bond acceptors (Lipinski definition) is 7. The Kier molecular flexibility index (Phi) is 16.2. The maximum atomic E-state index is 14.4. The molecular formula is C38H58N4O5S. The zero-order valence-electron chi connectivity index (χ0n) is 30.0. The van der Waals surface area contributed by atoms with Gasteiger partial charge in [0.1, 0.15) is 5.69 Å². The van der Waals surface area contributed by atoms with Crippen LogP contribution in [0.15, 0.2) is 35.7 Å². The van der Waals surface area contributed by atoms with Crippen LogP contribution in [0.4, 0.5) is 0 Å². The number of aliphatic carboxylic acids is 1. The van der Waals surface area contributed by atoms with Gasteiger partial charge in [0, 0.05) is 49.2 Å². The fraction of sp³-hybridized carbons (Fsp3) is 0.658. The molecule has 2 aromatic rings. The molecule has 2 heterocycles. The lowest BCUT2D eigenvalue weighted by Crippen LogP contribution is -2.49. The van der Waals surface area contributed by atoms with E-state index >= 15 is 0 Å². The third-order valence-electron chi connectivity index (χ3n) is 9.93. The molecule has 0 aliphatic carbocycles. The van der Waals surface area contributed by atoms with Crippen molar-refractivity contribution in [1.82, 2.24) is 20.1 Å². The summed E-state index contributed by atoms with van der Waals surface area (Å²) >= 11 is 1.43. The van der Waals surface area contributed by atoms with Gasteiger partial charge in [0.15, 0.2) is 5.78 Å². The predicted molar refractivity (Wildman–Crippen MR) is 192 cm³/mol. The van der Waals surface area contributed by atoms with Crippen LogP contribution in [0.2, 0.25) is 0 Å². The number of nitrogens with zero attached hydrogens (tertiary/aromatic N) is 3. The third-order valence-corrected chi connectivity index (χ3v) is 10.8. The van der Waals surface area contributed by atoms with E-state index in [9.17, 15) is 24.3 Å². The standard InChI is InChI=1S/C38H58N4O5S/c1-7-21-42(38(47)30(27(5)8-2)24-34(43)33-16-12-13-22-41(33)6)32(26(3)4)18-19-35-40-31(25-48-35)37(46)39-29(17-20-36(44)45)23-28-14-10-9-11-15-28/h9-11,14-15,25-27,29-30,32-33H,7-8,12-13,16-24H2,1-6H3,(H,39,46)(H,44,45)/t27-,29+,30?,32+,33+/m0/s1. The lowest BCUT2D eigenvalue weighted by Gasteiger charge is -2.39. The van der Waals surface area contributed by atoms with E-state index in [1.165, 1.54) is 11.3 Å². The van der Waals surface area contributed by atoms with E-state index in [1.54, 1.807) is 5.38 Å². The lowest BCUT2D eigenvalue weighted by molar-refractivity contribution is -0.144. The van der Waals surface area contributed by atoms with E-state index in [4.69, 9.17) is 0 Å². The molecule has 3 rings (SSSR count). The van der Waals surface area contributed by atoms with Gasteiger partial charge in [0.25, 0.3) is 5.91 Å². The van der Waals surface area contributed by atoms with E-state index < -0.39 is 5.97 Å². The number of thiazole rings is 1.